The van der Waals surface area contributed by atoms with Crippen molar-refractivity contribution in [3.8, 4) is 5.75 Å². The summed E-state index contributed by atoms with van der Waals surface area (Å²) in [6.45, 7) is 1.18. The quantitative estimate of drug-likeness (QED) is 0.722. The van der Waals surface area contributed by atoms with Gasteiger partial charge >= 0.3 is 6.61 Å². The molecule has 0 atom stereocenters. The number of alkyl halides is 2. The van der Waals surface area contributed by atoms with Crippen LogP contribution in [-0.4, -0.2) is 6.61 Å². The molecule has 0 aliphatic heterocycles. The fourth-order valence-electron chi connectivity index (χ4n) is 1.45. The third-order valence-electron chi connectivity index (χ3n) is 2.08. The summed E-state index contributed by atoms with van der Waals surface area (Å²) in [7, 11) is 0. The van der Waals surface area contributed by atoms with Crippen LogP contribution in [0.25, 0.3) is 0 Å². The molecule has 1 aromatic carbocycles. The van der Waals surface area contributed by atoms with Gasteiger partial charge in [0.15, 0.2) is 0 Å². The van der Waals surface area contributed by atoms with E-state index in [1.807, 2.05) is 19.9 Å². The van der Waals surface area contributed by atoms with Crippen molar-refractivity contribution in [2.75, 3.05) is 0 Å². The van der Waals surface area contributed by atoms with Crippen LogP contribution in [0.2, 0.25) is 0 Å². The van der Waals surface area contributed by atoms with Crippen molar-refractivity contribution in [3.63, 3.8) is 0 Å². The topological polar surface area (TPSA) is 9.23 Å². The van der Waals surface area contributed by atoms with Gasteiger partial charge in [-0.25, -0.2) is 0 Å². The van der Waals surface area contributed by atoms with Crippen LogP contribution in [0.5, 0.6) is 5.75 Å². The molecule has 78 valence electrons. The van der Waals surface area contributed by atoms with Crippen molar-refractivity contribution in [2.45, 2.75) is 33.3 Å². The van der Waals surface area contributed by atoms with Crippen molar-refractivity contribution in [3.05, 3.63) is 29.3 Å². The Morgan fingerprint density at radius 1 is 1.36 bits per heavy atom. The van der Waals surface area contributed by atoms with Gasteiger partial charge in [-0.15, -0.1) is 0 Å². The predicted molar refractivity (Wildman–Crippen MR) is 51.8 cm³/mol. The van der Waals surface area contributed by atoms with E-state index >= 15 is 0 Å². The minimum atomic E-state index is -2.74. The highest BCUT2D eigenvalue weighted by molar-refractivity contribution is 5.39. The second kappa shape index (κ2) is 4.94. The van der Waals surface area contributed by atoms with E-state index in [0.717, 1.165) is 24.0 Å². The van der Waals surface area contributed by atoms with E-state index in [1.54, 1.807) is 12.1 Å². The maximum absolute atomic E-state index is 12.1. The smallest absolute Gasteiger partial charge is 0.387 e. The standard InChI is InChI=1S/C11H14F2O/c1-3-5-9-8(2)6-4-7-10(9)14-11(12)13/h4,6-7,11H,3,5H2,1-2H3. The van der Waals surface area contributed by atoms with E-state index < -0.39 is 6.61 Å². The van der Waals surface area contributed by atoms with Gasteiger partial charge < -0.3 is 4.74 Å². The molecule has 0 aliphatic rings. The molecule has 0 unspecified atom stereocenters. The molecule has 3 heteroatoms. The largest absolute Gasteiger partial charge is 0.435 e. The van der Waals surface area contributed by atoms with Gasteiger partial charge in [-0.3, -0.25) is 0 Å². The van der Waals surface area contributed by atoms with E-state index in [1.165, 1.54) is 0 Å². The normalized spacial score (nSPS) is 10.6. The first kappa shape index (κ1) is 11.0. The molecule has 0 aromatic heterocycles. The molecule has 1 rings (SSSR count). The first-order valence-electron chi connectivity index (χ1n) is 4.68. The van der Waals surface area contributed by atoms with Crippen molar-refractivity contribution in [1.29, 1.82) is 0 Å². The second-order valence-electron chi connectivity index (χ2n) is 3.18. The Labute approximate surface area is 82.7 Å². The van der Waals surface area contributed by atoms with Crippen molar-refractivity contribution >= 4 is 0 Å². The summed E-state index contributed by atoms with van der Waals surface area (Å²) in [5.74, 6) is 0.307. The summed E-state index contributed by atoms with van der Waals surface area (Å²) in [6, 6.07) is 5.22. The number of aryl methyl sites for hydroxylation is 1. The highest BCUT2D eigenvalue weighted by atomic mass is 19.3. The molecule has 14 heavy (non-hydrogen) atoms. The van der Waals surface area contributed by atoms with E-state index in [-0.39, 0.29) is 0 Å². The van der Waals surface area contributed by atoms with Gasteiger partial charge in [0.05, 0.1) is 0 Å². The Balaban J connectivity index is 2.95. The van der Waals surface area contributed by atoms with Crippen LogP contribution in [0.1, 0.15) is 24.5 Å². The van der Waals surface area contributed by atoms with Crippen molar-refractivity contribution < 1.29 is 13.5 Å². The summed E-state index contributed by atoms with van der Waals surface area (Å²) in [6.07, 6.45) is 1.69. The lowest BCUT2D eigenvalue weighted by atomic mass is 10.0. The Kier molecular flexibility index (Phi) is 3.86. The highest BCUT2D eigenvalue weighted by Crippen LogP contribution is 2.24. The fraction of sp³-hybridized carbons (Fsp3) is 0.455. The summed E-state index contributed by atoms with van der Waals surface area (Å²) in [4.78, 5) is 0. The van der Waals surface area contributed by atoms with Gasteiger partial charge in [0, 0.05) is 0 Å². The van der Waals surface area contributed by atoms with Gasteiger partial charge in [0.25, 0.3) is 0 Å². The maximum Gasteiger partial charge on any atom is 0.387 e. The third kappa shape index (κ3) is 2.69. The van der Waals surface area contributed by atoms with Gasteiger partial charge in [-0.05, 0) is 30.5 Å². The zero-order chi connectivity index (χ0) is 10.6. The lowest BCUT2D eigenvalue weighted by Crippen LogP contribution is -2.05. The van der Waals surface area contributed by atoms with Crippen LogP contribution in [-0.2, 0) is 6.42 Å². The molecule has 0 saturated heterocycles. The molecule has 1 nitrogen and oxygen atoms in total. The lowest BCUT2D eigenvalue weighted by Gasteiger charge is -2.12. The molecule has 1 aromatic rings. The fourth-order valence-corrected chi connectivity index (χ4v) is 1.45. The van der Waals surface area contributed by atoms with E-state index in [9.17, 15) is 8.78 Å². The first-order valence-corrected chi connectivity index (χ1v) is 4.68. The number of ether oxygens (including phenoxy) is 1. The Hall–Kier alpha value is -1.12. The van der Waals surface area contributed by atoms with Crippen LogP contribution in [0, 0.1) is 6.92 Å². The van der Waals surface area contributed by atoms with Gasteiger partial charge in [-0.1, -0.05) is 25.5 Å². The number of rotatable bonds is 4. The molecule has 0 heterocycles. The zero-order valence-corrected chi connectivity index (χ0v) is 8.39. The molecule has 0 N–H and O–H groups in total. The Morgan fingerprint density at radius 2 is 2.07 bits per heavy atom. The monoisotopic (exact) mass is 200 g/mol. The minimum Gasteiger partial charge on any atom is -0.435 e. The summed E-state index contributed by atoms with van der Waals surface area (Å²) in [5.41, 5.74) is 1.89. The average molecular weight is 200 g/mol. The highest BCUT2D eigenvalue weighted by Gasteiger charge is 2.10. The lowest BCUT2D eigenvalue weighted by molar-refractivity contribution is -0.0504. The zero-order valence-electron chi connectivity index (χ0n) is 8.39. The molecule has 0 spiro atoms. The van der Waals surface area contributed by atoms with Crippen LogP contribution in [0.3, 0.4) is 0 Å². The van der Waals surface area contributed by atoms with Crippen LogP contribution >= 0.6 is 0 Å². The van der Waals surface area contributed by atoms with E-state index in [4.69, 9.17) is 0 Å². The predicted octanol–water partition coefficient (Wildman–Crippen LogP) is 3.55. The van der Waals surface area contributed by atoms with Gasteiger partial charge in [0.1, 0.15) is 5.75 Å². The summed E-state index contributed by atoms with van der Waals surface area (Å²) >= 11 is 0. The summed E-state index contributed by atoms with van der Waals surface area (Å²) in [5, 5.41) is 0. The third-order valence-corrected chi connectivity index (χ3v) is 2.08. The van der Waals surface area contributed by atoms with Crippen molar-refractivity contribution in [2.24, 2.45) is 0 Å². The number of benzene rings is 1. The average Bonchev–Trinajstić information content (AvgIpc) is 2.10. The number of hydrogen-bond donors (Lipinski definition) is 0. The first-order chi connectivity index (χ1) is 6.65. The maximum atomic E-state index is 12.1. The minimum absolute atomic E-state index is 0.307. The van der Waals surface area contributed by atoms with Crippen molar-refractivity contribution in [1.82, 2.24) is 0 Å². The summed E-state index contributed by atoms with van der Waals surface area (Å²) < 4.78 is 28.5. The van der Waals surface area contributed by atoms with Gasteiger partial charge in [-0.2, -0.15) is 8.78 Å². The molecule has 0 radical (unpaired) electrons. The molecule has 0 bridgehead atoms. The van der Waals surface area contributed by atoms with E-state index in [0.29, 0.717) is 5.75 Å². The Bertz CT molecular complexity index is 297. The second-order valence-corrected chi connectivity index (χ2v) is 3.18. The number of hydrogen-bond acceptors (Lipinski definition) is 1. The van der Waals surface area contributed by atoms with Crippen LogP contribution < -0.4 is 4.74 Å². The van der Waals surface area contributed by atoms with E-state index in [2.05, 4.69) is 4.74 Å². The molecule has 0 saturated carbocycles. The Morgan fingerprint density at radius 3 is 2.64 bits per heavy atom. The molecule has 0 amide bonds. The molecule has 0 aliphatic carbocycles. The van der Waals surface area contributed by atoms with Gasteiger partial charge in [0.2, 0.25) is 0 Å². The number of halogens is 2. The van der Waals surface area contributed by atoms with Crippen LogP contribution in [0.4, 0.5) is 8.78 Å². The SMILES string of the molecule is CCCc1c(C)cccc1OC(F)F. The molecular formula is C11H14F2O. The van der Waals surface area contributed by atoms with Crippen LogP contribution in [0.15, 0.2) is 18.2 Å². The molecular weight excluding hydrogens is 186 g/mol. The molecule has 0 fully saturated rings.